The smallest absolute Gasteiger partial charge is 0.164 e. The van der Waals surface area contributed by atoms with E-state index in [9.17, 15) is 4.79 Å². The van der Waals surface area contributed by atoms with Crippen LogP contribution in [-0.2, 0) is 9.63 Å². The van der Waals surface area contributed by atoms with Gasteiger partial charge in [-0.05, 0) is 37.0 Å². The first-order chi connectivity index (χ1) is 10.6. The van der Waals surface area contributed by atoms with Gasteiger partial charge in [0.25, 0.3) is 0 Å². The molecule has 2 unspecified atom stereocenters. The fourth-order valence-corrected chi connectivity index (χ4v) is 3.68. The number of Topliss-reactive ketones (excluding diaryl/α,β-unsaturated/α-hetero) is 1. The van der Waals surface area contributed by atoms with Crippen molar-refractivity contribution in [2.24, 2.45) is 11.1 Å². The number of hydrogen-bond donors (Lipinski definition) is 0. The van der Waals surface area contributed by atoms with Crippen molar-refractivity contribution in [3.8, 4) is 0 Å². The van der Waals surface area contributed by atoms with Gasteiger partial charge in [0.15, 0.2) is 5.78 Å². The Morgan fingerprint density at radius 1 is 1.59 bits per heavy atom. The molecule has 124 valence electrons. The molecule has 0 aliphatic heterocycles. The van der Waals surface area contributed by atoms with Crippen LogP contribution in [0.4, 0.5) is 0 Å². The predicted molar refractivity (Wildman–Crippen MR) is 96.7 cm³/mol. The normalized spacial score (nSPS) is 21.1. The molecular weight excluding hydrogens is 318 g/mol. The van der Waals surface area contributed by atoms with E-state index in [1.807, 2.05) is 24.8 Å². The second kappa shape index (κ2) is 10.9. The van der Waals surface area contributed by atoms with Gasteiger partial charge >= 0.3 is 0 Å². The molecule has 5 heteroatoms. The first-order valence-corrected chi connectivity index (χ1v) is 9.40. The third kappa shape index (κ3) is 6.57. The van der Waals surface area contributed by atoms with Crippen molar-refractivity contribution in [2.45, 2.75) is 51.7 Å². The van der Waals surface area contributed by atoms with Crippen molar-refractivity contribution in [1.82, 2.24) is 0 Å². The molecule has 0 fully saturated rings. The maximum atomic E-state index is 12.4. The fraction of sp³-hybridized carbons (Fsp3) is 0.647. The van der Waals surface area contributed by atoms with Crippen LogP contribution in [-0.4, -0.2) is 29.1 Å². The number of carbonyl (C=O) groups is 1. The molecule has 2 atom stereocenters. The molecule has 1 aliphatic rings. The van der Waals surface area contributed by atoms with Gasteiger partial charge in [0.2, 0.25) is 0 Å². The third-order valence-corrected chi connectivity index (χ3v) is 4.90. The van der Waals surface area contributed by atoms with E-state index in [0.29, 0.717) is 30.6 Å². The maximum absolute atomic E-state index is 12.4. The zero-order chi connectivity index (χ0) is 16.4. The van der Waals surface area contributed by atoms with Crippen LogP contribution in [0.5, 0.6) is 0 Å². The minimum atomic E-state index is 0.196. The Kier molecular flexibility index (Phi) is 9.56. The Labute approximate surface area is 143 Å². The van der Waals surface area contributed by atoms with E-state index in [1.165, 1.54) is 5.54 Å². The Morgan fingerprint density at radius 3 is 2.95 bits per heavy atom. The topological polar surface area (TPSA) is 38.7 Å². The molecule has 0 heterocycles. The van der Waals surface area contributed by atoms with E-state index in [0.717, 1.165) is 29.9 Å². The van der Waals surface area contributed by atoms with Crippen LogP contribution in [0, 0.1) is 5.92 Å². The van der Waals surface area contributed by atoms with Gasteiger partial charge in [-0.2, -0.15) is 11.8 Å². The van der Waals surface area contributed by atoms with Crippen LogP contribution >= 0.6 is 23.4 Å². The van der Waals surface area contributed by atoms with Crippen LogP contribution in [0.15, 0.2) is 28.4 Å². The number of ketones is 1. The van der Waals surface area contributed by atoms with Crippen molar-refractivity contribution in [2.75, 3.05) is 12.4 Å². The Bertz CT molecular complexity index is 446. The van der Waals surface area contributed by atoms with Crippen LogP contribution in [0.1, 0.15) is 46.5 Å². The Morgan fingerprint density at radius 2 is 2.36 bits per heavy atom. The van der Waals surface area contributed by atoms with E-state index in [-0.39, 0.29) is 5.78 Å². The Hall–Kier alpha value is -0.740. The second-order valence-electron chi connectivity index (χ2n) is 5.40. The van der Waals surface area contributed by atoms with Gasteiger partial charge < -0.3 is 4.84 Å². The highest BCUT2D eigenvalue weighted by molar-refractivity contribution is 7.99. The number of nitrogens with zero attached hydrogens (tertiary/aromatic N) is 1. The fourth-order valence-electron chi connectivity index (χ4n) is 2.63. The van der Waals surface area contributed by atoms with Crippen molar-refractivity contribution < 1.29 is 9.63 Å². The van der Waals surface area contributed by atoms with E-state index >= 15 is 0 Å². The summed E-state index contributed by atoms with van der Waals surface area (Å²) in [6, 6.07) is 0. The minimum absolute atomic E-state index is 0.196. The molecule has 0 aromatic carbocycles. The number of allylic oxidation sites excluding steroid dienone is 2. The van der Waals surface area contributed by atoms with Crippen molar-refractivity contribution in [1.29, 1.82) is 0 Å². The molecule has 0 bridgehead atoms. The van der Waals surface area contributed by atoms with Gasteiger partial charge in [-0.15, -0.1) is 0 Å². The molecule has 0 amide bonds. The SMILES string of the molecule is CCSC(C)CC1CC=C(/C(CC)=N/OC/C=C/Cl)C(=O)C1. The second-order valence-corrected chi connectivity index (χ2v) is 7.36. The summed E-state index contributed by atoms with van der Waals surface area (Å²) < 4.78 is 0. The maximum Gasteiger partial charge on any atom is 0.164 e. The summed E-state index contributed by atoms with van der Waals surface area (Å²) in [5.74, 6) is 1.79. The molecule has 0 radical (unpaired) electrons. The average molecular weight is 344 g/mol. The summed E-state index contributed by atoms with van der Waals surface area (Å²) in [5, 5.41) is 4.70. The molecule has 0 aromatic heterocycles. The van der Waals surface area contributed by atoms with Gasteiger partial charge in [-0.25, -0.2) is 0 Å². The summed E-state index contributed by atoms with van der Waals surface area (Å²) >= 11 is 7.39. The van der Waals surface area contributed by atoms with E-state index < -0.39 is 0 Å². The third-order valence-electron chi connectivity index (χ3n) is 3.63. The molecular formula is C17H26ClNO2S. The number of halogens is 1. The average Bonchev–Trinajstić information content (AvgIpc) is 2.49. The predicted octanol–water partition coefficient (Wildman–Crippen LogP) is 4.96. The summed E-state index contributed by atoms with van der Waals surface area (Å²) in [7, 11) is 0. The summed E-state index contributed by atoms with van der Waals surface area (Å²) in [6.07, 6.45) is 7.08. The summed E-state index contributed by atoms with van der Waals surface area (Å²) in [6.45, 7) is 6.73. The molecule has 0 spiro atoms. The Balaban J connectivity index is 2.63. The molecule has 0 saturated heterocycles. The number of thioether (sulfide) groups is 1. The molecule has 0 N–H and O–H groups in total. The van der Waals surface area contributed by atoms with E-state index in [2.05, 4.69) is 19.0 Å². The number of oxime groups is 1. The highest BCUT2D eigenvalue weighted by Gasteiger charge is 2.25. The van der Waals surface area contributed by atoms with Crippen LogP contribution < -0.4 is 0 Å². The standard InChI is InChI=1S/C17H26ClNO2S/c1-4-16(19-21-10-6-9-18)15-8-7-14(12-17(15)20)11-13(3)22-5-2/h6,8-9,13-14H,4-5,7,10-12H2,1-3H3/b9-6+,19-16+. The molecule has 0 saturated carbocycles. The van der Waals surface area contributed by atoms with Crippen LogP contribution in [0.2, 0.25) is 0 Å². The lowest BCUT2D eigenvalue weighted by atomic mass is 9.84. The van der Waals surface area contributed by atoms with Gasteiger partial charge in [-0.1, -0.05) is 43.6 Å². The zero-order valence-corrected chi connectivity index (χ0v) is 15.3. The van der Waals surface area contributed by atoms with Crippen molar-refractivity contribution in [3.05, 3.63) is 23.3 Å². The lowest BCUT2D eigenvalue weighted by Crippen LogP contribution is -2.22. The van der Waals surface area contributed by atoms with Gasteiger partial charge in [0.1, 0.15) is 6.61 Å². The van der Waals surface area contributed by atoms with Gasteiger partial charge in [-0.3, -0.25) is 4.79 Å². The van der Waals surface area contributed by atoms with Crippen molar-refractivity contribution in [3.63, 3.8) is 0 Å². The zero-order valence-electron chi connectivity index (χ0n) is 13.7. The van der Waals surface area contributed by atoms with Gasteiger partial charge in [0, 0.05) is 22.8 Å². The largest absolute Gasteiger partial charge is 0.391 e. The monoisotopic (exact) mass is 343 g/mol. The minimum Gasteiger partial charge on any atom is -0.391 e. The van der Waals surface area contributed by atoms with Crippen molar-refractivity contribution >= 4 is 34.9 Å². The van der Waals surface area contributed by atoms with Crippen LogP contribution in [0.3, 0.4) is 0 Å². The van der Waals surface area contributed by atoms with E-state index in [1.54, 1.807) is 6.08 Å². The first-order valence-electron chi connectivity index (χ1n) is 7.91. The van der Waals surface area contributed by atoms with Gasteiger partial charge in [0.05, 0.1) is 5.71 Å². The highest BCUT2D eigenvalue weighted by atomic mass is 35.5. The molecule has 1 rings (SSSR count). The van der Waals surface area contributed by atoms with Crippen LogP contribution in [0.25, 0.3) is 0 Å². The number of hydrogen-bond acceptors (Lipinski definition) is 4. The molecule has 22 heavy (non-hydrogen) atoms. The summed E-state index contributed by atoms with van der Waals surface area (Å²) in [5.41, 5.74) is 2.87. The highest BCUT2D eigenvalue weighted by Crippen LogP contribution is 2.29. The first kappa shape index (κ1) is 19.3. The number of rotatable bonds is 9. The summed E-state index contributed by atoms with van der Waals surface area (Å²) in [4.78, 5) is 17.6. The lowest BCUT2D eigenvalue weighted by molar-refractivity contribution is -0.116. The quantitative estimate of drug-likeness (QED) is 0.337. The molecule has 0 aromatic rings. The lowest BCUT2D eigenvalue weighted by Gasteiger charge is -2.23. The van der Waals surface area contributed by atoms with E-state index in [4.69, 9.17) is 16.4 Å². The molecule has 1 aliphatic carbocycles. The number of carbonyl (C=O) groups excluding carboxylic acids is 1. The molecule has 3 nitrogen and oxygen atoms in total.